The van der Waals surface area contributed by atoms with Crippen LogP contribution in [-0.2, 0) is 26.6 Å². The summed E-state index contributed by atoms with van der Waals surface area (Å²) in [5, 5.41) is 17.3. The number of aromatic hydroxyl groups is 1. The lowest BCUT2D eigenvalue weighted by atomic mass is 9.83. The van der Waals surface area contributed by atoms with Gasteiger partial charge in [-0.1, -0.05) is 25.3 Å². The molecule has 1 aromatic carbocycles. The first-order valence-electron chi connectivity index (χ1n) is 11.1. The number of aromatic nitrogens is 2. The number of aliphatic imine (C=N–C) groups is 1. The lowest BCUT2D eigenvalue weighted by Crippen LogP contribution is -2.40. The minimum Gasteiger partial charge on any atom is -0.505 e. The molecule has 3 N–H and O–H groups in total. The maximum Gasteiger partial charge on any atom is 0.281 e. The van der Waals surface area contributed by atoms with Gasteiger partial charge in [-0.15, -0.1) is 11.3 Å². The maximum absolute atomic E-state index is 13.4. The van der Waals surface area contributed by atoms with Gasteiger partial charge in [-0.05, 0) is 42.0 Å². The molecule has 0 unspecified atom stereocenters. The number of sulfonamides is 2. The first kappa shape index (κ1) is 24.5. The molecule has 1 fully saturated rings. The monoisotopic (exact) mass is 549 g/mol. The first-order valence-corrected chi connectivity index (χ1v) is 15.4. The van der Waals surface area contributed by atoms with Gasteiger partial charge in [-0.3, -0.25) is 14.2 Å². The Kier molecular flexibility index (Phi) is 6.12. The van der Waals surface area contributed by atoms with Crippen molar-refractivity contribution in [2.45, 2.75) is 37.1 Å². The molecule has 2 aliphatic rings. The van der Waals surface area contributed by atoms with Gasteiger partial charge in [0, 0.05) is 12.2 Å². The topological polar surface area (TPSA) is 160 Å². The first-order chi connectivity index (χ1) is 17.0. The van der Waals surface area contributed by atoms with E-state index in [1.807, 2.05) is 0 Å². The van der Waals surface area contributed by atoms with Gasteiger partial charge >= 0.3 is 0 Å². The van der Waals surface area contributed by atoms with Crippen molar-refractivity contribution in [1.82, 2.24) is 14.5 Å². The molecule has 5 rings (SSSR count). The molecule has 14 heteroatoms. The Hall–Kier alpha value is -3.23. The summed E-state index contributed by atoms with van der Waals surface area (Å²) in [6, 6.07) is 7.36. The van der Waals surface area contributed by atoms with E-state index in [1.54, 1.807) is 17.5 Å². The molecule has 3 heterocycles. The number of hydrogen-bond acceptors (Lipinski definition) is 9. The molecule has 0 radical (unpaired) electrons. The fourth-order valence-electron chi connectivity index (χ4n) is 4.12. The summed E-state index contributed by atoms with van der Waals surface area (Å²) >= 11 is 1.32. The second-order valence-corrected chi connectivity index (χ2v) is 13.1. The third-order valence-corrected chi connectivity index (χ3v) is 8.96. The van der Waals surface area contributed by atoms with Crippen LogP contribution in [0, 0.1) is 5.92 Å². The number of hydrogen-bond donors (Lipinski definition) is 3. The molecule has 36 heavy (non-hydrogen) atoms. The van der Waals surface area contributed by atoms with Crippen LogP contribution in [0.1, 0.15) is 31.2 Å². The summed E-state index contributed by atoms with van der Waals surface area (Å²) < 4.78 is 55.0. The maximum atomic E-state index is 13.4. The van der Waals surface area contributed by atoms with Crippen LogP contribution in [-0.4, -0.2) is 43.8 Å². The van der Waals surface area contributed by atoms with Gasteiger partial charge in [0.2, 0.25) is 10.0 Å². The Labute approximate surface area is 211 Å². The third kappa shape index (κ3) is 4.75. The van der Waals surface area contributed by atoms with Gasteiger partial charge in [-0.2, -0.15) is 5.10 Å². The Balaban J connectivity index is 1.64. The molecular weight excluding hydrogens is 526 g/mol. The van der Waals surface area contributed by atoms with E-state index in [-0.39, 0.29) is 33.4 Å². The van der Waals surface area contributed by atoms with E-state index >= 15 is 0 Å². The molecular formula is C22H23N5O6S3. The highest BCUT2D eigenvalue weighted by Gasteiger charge is 2.32. The van der Waals surface area contributed by atoms with Crippen LogP contribution < -0.4 is 15.0 Å². The Morgan fingerprint density at radius 1 is 1.28 bits per heavy atom. The van der Waals surface area contributed by atoms with Gasteiger partial charge in [0.25, 0.3) is 15.6 Å². The largest absolute Gasteiger partial charge is 0.505 e. The smallest absolute Gasteiger partial charge is 0.281 e. The second kappa shape index (κ2) is 9.01. The van der Waals surface area contributed by atoms with Crippen LogP contribution >= 0.6 is 11.3 Å². The van der Waals surface area contributed by atoms with E-state index in [4.69, 9.17) is 0 Å². The van der Waals surface area contributed by atoms with Gasteiger partial charge in [0.05, 0.1) is 16.8 Å². The standard InChI is InChI=1S/C22H23N5O6S3/c1-35(30,31)25-14-7-8-15-17(12-14)36(32,33)26-21(23-15)18-20(28)19(16-6-3-11-34-16)24-27(22(18)29)10-9-13-4-2-5-13/h3,6-8,11-13,25,28H,2,4-5,9-10H2,1H3,(H,23,26). The summed E-state index contributed by atoms with van der Waals surface area (Å²) in [6.45, 7) is 0.326. The van der Waals surface area contributed by atoms with Crippen molar-refractivity contribution in [2.24, 2.45) is 10.9 Å². The highest BCUT2D eigenvalue weighted by molar-refractivity contribution is 7.92. The van der Waals surface area contributed by atoms with E-state index in [2.05, 4.69) is 19.5 Å². The highest BCUT2D eigenvalue weighted by atomic mass is 32.2. The van der Waals surface area contributed by atoms with Crippen molar-refractivity contribution in [3.63, 3.8) is 0 Å². The number of amidine groups is 1. The van der Waals surface area contributed by atoms with E-state index in [0.29, 0.717) is 17.3 Å². The summed E-state index contributed by atoms with van der Waals surface area (Å²) in [4.78, 5) is 18.1. The zero-order valence-corrected chi connectivity index (χ0v) is 21.6. The van der Waals surface area contributed by atoms with Gasteiger partial charge in [-0.25, -0.2) is 26.5 Å². The van der Waals surface area contributed by atoms with E-state index in [1.165, 1.54) is 28.2 Å². The van der Waals surface area contributed by atoms with Crippen molar-refractivity contribution in [2.75, 3.05) is 11.0 Å². The Morgan fingerprint density at radius 2 is 2.06 bits per heavy atom. The molecule has 1 aliphatic heterocycles. The number of nitrogens with one attached hydrogen (secondary N) is 2. The van der Waals surface area contributed by atoms with Crippen LogP contribution in [0.5, 0.6) is 5.75 Å². The molecule has 3 aromatic rings. The molecule has 1 aliphatic carbocycles. The lowest BCUT2D eigenvalue weighted by molar-refractivity contribution is 0.275. The molecule has 0 amide bonds. The van der Waals surface area contributed by atoms with Crippen molar-refractivity contribution >= 4 is 48.6 Å². The summed E-state index contributed by atoms with van der Waals surface area (Å²) in [6.07, 6.45) is 5.04. The quantitative estimate of drug-likeness (QED) is 0.408. The molecule has 190 valence electrons. The number of aryl methyl sites for hydroxylation is 1. The zero-order valence-electron chi connectivity index (χ0n) is 19.1. The Morgan fingerprint density at radius 3 is 2.69 bits per heavy atom. The molecule has 0 bridgehead atoms. The molecule has 0 saturated heterocycles. The number of anilines is 1. The number of nitrogens with zero attached hydrogens (tertiary/aromatic N) is 3. The minimum absolute atomic E-state index is 0.00268. The number of benzene rings is 1. The summed E-state index contributed by atoms with van der Waals surface area (Å²) in [5.41, 5.74) is -0.752. The average molecular weight is 550 g/mol. The Bertz CT molecular complexity index is 1640. The molecule has 11 nitrogen and oxygen atoms in total. The van der Waals surface area contributed by atoms with Gasteiger partial charge in [0.15, 0.2) is 11.6 Å². The molecule has 2 aromatic heterocycles. The fourth-order valence-corrected chi connectivity index (χ4v) is 6.57. The fraction of sp³-hybridized carbons (Fsp3) is 0.318. The zero-order chi connectivity index (χ0) is 25.7. The highest BCUT2D eigenvalue weighted by Crippen LogP contribution is 2.36. The number of rotatable bonds is 7. The van der Waals surface area contributed by atoms with Crippen molar-refractivity contribution in [1.29, 1.82) is 0 Å². The predicted molar refractivity (Wildman–Crippen MR) is 137 cm³/mol. The summed E-state index contributed by atoms with van der Waals surface area (Å²) in [7, 11) is -7.87. The molecule has 1 saturated carbocycles. The lowest BCUT2D eigenvalue weighted by Gasteiger charge is -2.25. The van der Waals surface area contributed by atoms with Crippen LogP contribution in [0.3, 0.4) is 0 Å². The normalized spacial score (nSPS) is 17.0. The predicted octanol–water partition coefficient (Wildman–Crippen LogP) is 2.61. The van der Waals surface area contributed by atoms with Crippen LogP contribution in [0.4, 0.5) is 11.4 Å². The van der Waals surface area contributed by atoms with Crippen molar-refractivity contribution in [3.8, 4) is 16.3 Å². The SMILES string of the molecule is CS(=O)(=O)Nc1ccc2c(c1)S(=O)(=O)NC(c1c(O)c(-c3cccs3)nn(CCC3CCC3)c1=O)=N2. The second-order valence-electron chi connectivity index (χ2n) is 8.79. The molecule has 0 atom stereocenters. The van der Waals surface area contributed by atoms with Gasteiger partial charge < -0.3 is 5.11 Å². The average Bonchev–Trinajstić information content (AvgIpc) is 3.28. The van der Waals surface area contributed by atoms with E-state index in [9.17, 15) is 26.7 Å². The summed E-state index contributed by atoms with van der Waals surface area (Å²) in [5.74, 6) is -0.290. The number of fused-ring (bicyclic) bond motifs is 1. The molecule has 0 spiro atoms. The van der Waals surface area contributed by atoms with Crippen LogP contribution in [0.2, 0.25) is 0 Å². The van der Waals surface area contributed by atoms with E-state index < -0.39 is 31.4 Å². The van der Waals surface area contributed by atoms with Crippen molar-refractivity contribution in [3.05, 3.63) is 51.6 Å². The van der Waals surface area contributed by atoms with Crippen LogP contribution in [0.15, 0.2) is 50.4 Å². The van der Waals surface area contributed by atoms with Crippen molar-refractivity contribution < 1.29 is 21.9 Å². The number of thiophene rings is 1. The minimum atomic E-state index is -4.24. The van der Waals surface area contributed by atoms with Gasteiger partial charge in [0.1, 0.15) is 16.2 Å². The third-order valence-electron chi connectivity index (χ3n) is 6.11. The van der Waals surface area contributed by atoms with E-state index in [0.717, 1.165) is 38.0 Å². The van der Waals surface area contributed by atoms with Crippen LogP contribution in [0.25, 0.3) is 10.6 Å².